The molecule has 0 unspecified atom stereocenters. The molecule has 2 aromatic rings. The maximum absolute atomic E-state index is 12.1. The molecule has 1 aromatic heterocycles. The van der Waals surface area contributed by atoms with Crippen molar-refractivity contribution in [2.45, 2.75) is 25.7 Å². The fourth-order valence-electron chi connectivity index (χ4n) is 1.95. The molecular weight excluding hydrogens is 316 g/mol. The summed E-state index contributed by atoms with van der Waals surface area (Å²) in [5.41, 5.74) is 2.15. The Kier molecular flexibility index (Phi) is 4.06. The molecule has 2 rings (SSSR count). The molecule has 0 aliphatic rings. The number of hydrogen-bond donors (Lipinski definition) is 1. The molecule has 1 aromatic carbocycles. The number of rotatable bonds is 3. The van der Waals surface area contributed by atoms with Crippen molar-refractivity contribution in [1.29, 1.82) is 0 Å². The number of benzene rings is 1. The Labute approximate surface area is 126 Å². The van der Waals surface area contributed by atoms with Crippen LogP contribution in [0.1, 0.15) is 27.4 Å². The number of amides is 1. The molecule has 0 saturated heterocycles. The third kappa shape index (κ3) is 3.25. The van der Waals surface area contributed by atoms with Gasteiger partial charge in [0, 0.05) is 16.4 Å². The minimum Gasteiger partial charge on any atom is -0.438 e. The number of nitrogens with one attached hydrogen (secondary N) is 1. The summed E-state index contributed by atoms with van der Waals surface area (Å²) >= 11 is 0. The number of aryl methyl sites for hydroxylation is 3. The summed E-state index contributed by atoms with van der Waals surface area (Å²) in [4.78, 5) is 15.9. The lowest BCUT2D eigenvalue weighted by atomic mass is 10.1. The number of anilines is 1. The Morgan fingerprint density at radius 3 is 2.24 bits per heavy atom. The predicted octanol–water partition coefficient (Wildman–Crippen LogP) is 2.78. The summed E-state index contributed by atoms with van der Waals surface area (Å²) in [7, 11) is 1.51. The molecule has 8 heteroatoms. The van der Waals surface area contributed by atoms with Crippen LogP contribution < -0.4 is 5.32 Å². The van der Waals surface area contributed by atoms with Crippen molar-refractivity contribution < 1.29 is 17.6 Å². The van der Waals surface area contributed by atoms with E-state index in [1.54, 1.807) is 20.8 Å². The standard InChI is InChI=1S/C13H13ClN2O4S/c1-7-4-10(21(14,18)19)5-8(2)11(7)16-13(17)12-9(3)15-6-20-12/h4-6H,1-3H3,(H,16,17). The zero-order chi connectivity index (χ0) is 15.8. The van der Waals surface area contributed by atoms with Crippen LogP contribution in [0.4, 0.5) is 5.69 Å². The van der Waals surface area contributed by atoms with E-state index >= 15 is 0 Å². The zero-order valence-corrected chi connectivity index (χ0v) is 13.2. The molecule has 0 aliphatic heterocycles. The second-order valence-corrected chi connectivity index (χ2v) is 7.16. The molecule has 21 heavy (non-hydrogen) atoms. The maximum atomic E-state index is 12.1. The molecule has 6 nitrogen and oxygen atoms in total. The first kappa shape index (κ1) is 15.5. The summed E-state index contributed by atoms with van der Waals surface area (Å²) in [5.74, 6) is -0.333. The Bertz CT molecular complexity index is 788. The van der Waals surface area contributed by atoms with Gasteiger partial charge in [-0.05, 0) is 44.0 Å². The van der Waals surface area contributed by atoms with Gasteiger partial charge in [-0.1, -0.05) is 0 Å². The highest BCUT2D eigenvalue weighted by Gasteiger charge is 2.18. The van der Waals surface area contributed by atoms with Crippen LogP contribution in [-0.2, 0) is 9.05 Å². The lowest BCUT2D eigenvalue weighted by molar-refractivity contribution is 0.0995. The van der Waals surface area contributed by atoms with Crippen LogP contribution in [0.3, 0.4) is 0 Å². The third-order valence-electron chi connectivity index (χ3n) is 2.98. The summed E-state index contributed by atoms with van der Waals surface area (Å²) in [6.07, 6.45) is 1.19. The summed E-state index contributed by atoms with van der Waals surface area (Å²) in [6.45, 7) is 5.02. The van der Waals surface area contributed by atoms with E-state index in [9.17, 15) is 13.2 Å². The molecular formula is C13H13ClN2O4S. The van der Waals surface area contributed by atoms with E-state index in [0.717, 1.165) is 0 Å². The molecule has 0 aliphatic carbocycles. The van der Waals surface area contributed by atoms with Crippen LogP contribution >= 0.6 is 10.7 Å². The van der Waals surface area contributed by atoms with Crippen molar-refractivity contribution in [2.24, 2.45) is 0 Å². The number of carbonyl (C=O) groups excluding carboxylic acids is 1. The minimum absolute atomic E-state index is 0.00647. The van der Waals surface area contributed by atoms with Crippen LogP contribution in [-0.4, -0.2) is 19.3 Å². The summed E-state index contributed by atoms with van der Waals surface area (Å²) in [6, 6.07) is 2.80. The predicted molar refractivity (Wildman–Crippen MR) is 78.1 cm³/mol. The number of nitrogens with zero attached hydrogens (tertiary/aromatic N) is 1. The number of aromatic nitrogens is 1. The van der Waals surface area contributed by atoms with Gasteiger partial charge in [-0.2, -0.15) is 0 Å². The first-order valence-corrected chi connectivity index (χ1v) is 8.28. The summed E-state index contributed by atoms with van der Waals surface area (Å²) in [5, 5.41) is 2.69. The van der Waals surface area contributed by atoms with Crippen LogP contribution in [0.15, 0.2) is 27.8 Å². The van der Waals surface area contributed by atoms with Gasteiger partial charge in [0.05, 0.1) is 10.6 Å². The smallest absolute Gasteiger partial charge is 0.293 e. The molecule has 0 bridgehead atoms. The molecule has 0 atom stereocenters. The van der Waals surface area contributed by atoms with E-state index in [-0.39, 0.29) is 10.7 Å². The molecule has 0 saturated carbocycles. The van der Waals surface area contributed by atoms with Crippen LogP contribution in [0.2, 0.25) is 0 Å². The van der Waals surface area contributed by atoms with Gasteiger partial charge in [0.1, 0.15) is 0 Å². The van der Waals surface area contributed by atoms with E-state index < -0.39 is 15.0 Å². The van der Waals surface area contributed by atoms with Gasteiger partial charge >= 0.3 is 0 Å². The van der Waals surface area contributed by atoms with Crippen molar-refractivity contribution in [3.63, 3.8) is 0 Å². The van der Waals surface area contributed by atoms with Gasteiger partial charge in [-0.25, -0.2) is 13.4 Å². The highest BCUT2D eigenvalue weighted by Crippen LogP contribution is 2.27. The van der Waals surface area contributed by atoms with Gasteiger partial charge in [0.25, 0.3) is 15.0 Å². The molecule has 0 radical (unpaired) electrons. The number of hydrogen-bond acceptors (Lipinski definition) is 5. The second kappa shape index (κ2) is 5.50. The molecule has 0 spiro atoms. The number of oxazole rings is 1. The van der Waals surface area contributed by atoms with Crippen molar-refractivity contribution >= 4 is 31.3 Å². The van der Waals surface area contributed by atoms with Crippen molar-refractivity contribution in [1.82, 2.24) is 4.98 Å². The first-order valence-electron chi connectivity index (χ1n) is 5.97. The summed E-state index contributed by atoms with van der Waals surface area (Å²) < 4.78 is 27.7. The zero-order valence-electron chi connectivity index (χ0n) is 11.6. The second-order valence-electron chi connectivity index (χ2n) is 4.59. The van der Waals surface area contributed by atoms with E-state index in [0.29, 0.717) is 22.5 Å². The number of halogens is 1. The van der Waals surface area contributed by atoms with Crippen LogP contribution in [0.25, 0.3) is 0 Å². The molecule has 1 amide bonds. The van der Waals surface area contributed by atoms with Gasteiger partial charge in [-0.3, -0.25) is 4.79 Å². The van der Waals surface area contributed by atoms with Crippen molar-refractivity contribution in [2.75, 3.05) is 5.32 Å². The van der Waals surface area contributed by atoms with Gasteiger partial charge in [0.2, 0.25) is 5.76 Å². The minimum atomic E-state index is -3.81. The maximum Gasteiger partial charge on any atom is 0.293 e. The molecule has 0 fully saturated rings. The number of carbonyl (C=O) groups is 1. The first-order chi connectivity index (χ1) is 9.70. The fourth-order valence-corrected chi connectivity index (χ4v) is 2.85. The van der Waals surface area contributed by atoms with Crippen LogP contribution in [0.5, 0.6) is 0 Å². The fraction of sp³-hybridized carbons (Fsp3) is 0.231. The van der Waals surface area contributed by atoms with Gasteiger partial charge in [-0.15, -0.1) is 0 Å². The van der Waals surface area contributed by atoms with E-state index in [1.807, 2.05) is 0 Å². The average molecular weight is 329 g/mol. The SMILES string of the molecule is Cc1cc(S(=O)(=O)Cl)cc(C)c1NC(=O)c1ocnc1C. The Hall–Kier alpha value is -1.86. The van der Waals surface area contributed by atoms with Crippen molar-refractivity contribution in [3.05, 3.63) is 41.1 Å². The lowest BCUT2D eigenvalue weighted by Crippen LogP contribution is -2.14. The molecule has 1 heterocycles. The van der Waals surface area contributed by atoms with Gasteiger partial charge in [0.15, 0.2) is 6.39 Å². The Morgan fingerprint density at radius 2 is 1.81 bits per heavy atom. The normalized spacial score (nSPS) is 11.4. The molecule has 112 valence electrons. The van der Waals surface area contributed by atoms with E-state index in [4.69, 9.17) is 15.1 Å². The largest absolute Gasteiger partial charge is 0.438 e. The van der Waals surface area contributed by atoms with Gasteiger partial charge < -0.3 is 9.73 Å². The highest BCUT2D eigenvalue weighted by molar-refractivity contribution is 8.13. The van der Waals surface area contributed by atoms with Crippen LogP contribution in [0, 0.1) is 20.8 Å². The highest BCUT2D eigenvalue weighted by atomic mass is 35.7. The third-order valence-corrected chi connectivity index (χ3v) is 4.31. The van der Waals surface area contributed by atoms with Crippen molar-refractivity contribution in [3.8, 4) is 0 Å². The average Bonchev–Trinajstić information content (AvgIpc) is 2.78. The topological polar surface area (TPSA) is 89.3 Å². The Morgan fingerprint density at radius 1 is 1.24 bits per heavy atom. The lowest BCUT2D eigenvalue weighted by Gasteiger charge is -2.12. The quantitative estimate of drug-likeness (QED) is 0.875. The molecule has 1 N–H and O–H groups in total. The monoisotopic (exact) mass is 328 g/mol. The Balaban J connectivity index is 2.38. The van der Waals surface area contributed by atoms with E-state index in [1.165, 1.54) is 18.5 Å². The van der Waals surface area contributed by atoms with E-state index in [2.05, 4.69) is 10.3 Å².